The number of ether oxygens (including phenoxy) is 1. The molecule has 8 nitrogen and oxygen atoms in total. The second-order valence-corrected chi connectivity index (χ2v) is 8.64. The van der Waals surface area contributed by atoms with Crippen molar-refractivity contribution in [2.75, 3.05) is 31.6 Å². The maximum Gasteiger partial charge on any atom is 0.343 e. The Balaban J connectivity index is 1.39. The van der Waals surface area contributed by atoms with E-state index in [2.05, 4.69) is 50.5 Å². The smallest absolute Gasteiger partial charge is 0.343 e. The molecule has 0 spiro atoms. The lowest BCUT2D eigenvalue weighted by atomic mass is 10.0. The molecule has 32 heavy (non-hydrogen) atoms. The van der Waals surface area contributed by atoms with Crippen LogP contribution in [0, 0.1) is 0 Å². The van der Waals surface area contributed by atoms with Crippen LogP contribution in [-0.4, -0.2) is 69.8 Å². The number of aryl methyl sites for hydroxylation is 1. The van der Waals surface area contributed by atoms with Gasteiger partial charge in [0, 0.05) is 25.7 Å². The Hall–Kier alpha value is -2.71. The summed E-state index contributed by atoms with van der Waals surface area (Å²) in [7, 11) is 1.71. The van der Waals surface area contributed by atoms with E-state index >= 15 is 0 Å². The van der Waals surface area contributed by atoms with Crippen molar-refractivity contribution in [3.8, 4) is 0 Å². The van der Waals surface area contributed by atoms with E-state index in [0.717, 1.165) is 32.5 Å². The zero-order valence-electron chi connectivity index (χ0n) is 19.0. The second kappa shape index (κ2) is 10.3. The summed E-state index contributed by atoms with van der Waals surface area (Å²) in [5.74, 6) is -0.216. The Bertz CT molecular complexity index is 929. The topological polar surface area (TPSA) is 79.7 Å². The van der Waals surface area contributed by atoms with E-state index in [1.165, 1.54) is 29.3 Å². The summed E-state index contributed by atoms with van der Waals surface area (Å²) in [6.07, 6.45) is 6.03. The van der Waals surface area contributed by atoms with Gasteiger partial charge >= 0.3 is 5.97 Å². The number of hydrogen-bond donors (Lipinski definition) is 1. The van der Waals surface area contributed by atoms with Gasteiger partial charge in [-0.1, -0.05) is 30.3 Å². The molecule has 1 aromatic carbocycles. The van der Waals surface area contributed by atoms with E-state index in [4.69, 9.17) is 4.74 Å². The van der Waals surface area contributed by atoms with Gasteiger partial charge in [-0.05, 0) is 51.3 Å². The Kier molecular flexibility index (Phi) is 7.22. The van der Waals surface area contributed by atoms with Crippen LogP contribution in [0.5, 0.6) is 0 Å². The van der Waals surface area contributed by atoms with Gasteiger partial charge < -0.3 is 10.1 Å². The van der Waals surface area contributed by atoms with Crippen LogP contribution in [0.4, 0.5) is 5.82 Å². The van der Waals surface area contributed by atoms with Crippen LogP contribution in [0.25, 0.3) is 0 Å². The van der Waals surface area contributed by atoms with Crippen LogP contribution in [0.15, 0.2) is 36.5 Å². The first-order valence-electron chi connectivity index (χ1n) is 11.6. The fourth-order valence-electron chi connectivity index (χ4n) is 5.09. The lowest BCUT2D eigenvalue weighted by Gasteiger charge is -2.34. The third kappa shape index (κ3) is 5.02. The number of nitrogens with zero attached hydrogens (tertiary/aromatic N) is 4. The Morgan fingerprint density at radius 3 is 2.50 bits per heavy atom. The number of carbonyl (C=O) groups excluding carboxylic acids is 2. The number of nitrogens with one attached hydrogen (secondary N) is 1. The molecule has 2 aromatic rings. The Morgan fingerprint density at radius 1 is 1.09 bits per heavy atom. The van der Waals surface area contributed by atoms with Gasteiger partial charge in [-0.3, -0.25) is 19.3 Å². The lowest BCUT2D eigenvalue weighted by molar-refractivity contribution is -0.117. The quantitative estimate of drug-likeness (QED) is 0.637. The van der Waals surface area contributed by atoms with Gasteiger partial charge in [0.05, 0.1) is 19.3 Å². The SMILES string of the molecule is CCOC(=O)c1cnn(C)c1NC(=O)CN1CCCC1C1CCCN1Cc1ccccc1. The maximum atomic E-state index is 12.9. The number of anilines is 1. The minimum atomic E-state index is -0.475. The summed E-state index contributed by atoms with van der Waals surface area (Å²) < 4.78 is 6.59. The van der Waals surface area contributed by atoms with Crippen molar-refractivity contribution in [1.29, 1.82) is 0 Å². The molecule has 2 fully saturated rings. The summed E-state index contributed by atoms with van der Waals surface area (Å²) in [5.41, 5.74) is 1.62. The number of hydrogen-bond acceptors (Lipinski definition) is 6. The fourth-order valence-corrected chi connectivity index (χ4v) is 5.09. The van der Waals surface area contributed by atoms with E-state index < -0.39 is 5.97 Å². The standard InChI is InChI=1S/C24H33N5O3/c1-3-32-24(31)19-15-25-27(2)23(19)26-22(30)17-29-14-8-12-21(29)20-11-7-13-28(20)16-18-9-5-4-6-10-18/h4-6,9-10,15,20-21H,3,7-8,11-14,16-17H2,1-2H3,(H,26,30). The molecule has 1 aromatic heterocycles. The molecule has 0 aliphatic carbocycles. The van der Waals surface area contributed by atoms with Gasteiger partial charge in [0.15, 0.2) is 0 Å². The highest BCUT2D eigenvalue weighted by Crippen LogP contribution is 2.31. The second-order valence-electron chi connectivity index (χ2n) is 8.64. The molecule has 3 heterocycles. The minimum Gasteiger partial charge on any atom is -0.462 e. The first kappa shape index (κ1) is 22.5. The molecule has 2 unspecified atom stereocenters. The number of likely N-dealkylation sites (tertiary alicyclic amines) is 2. The summed E-state index contributed by atoms with van der Waals surface area (Å²) in [6.45, 7) is 5.33. The van der Waals surface area contributed by atoms with Crippen molar-refractivity contribution in [3.05, 3.63) is 47.7 Å². The number of esters is 1. The third-order valence-electron chi connectivity index (χ3n) is 6.54. The third-order valence-corrected chi connectivity index (χ3v) is 6.54. The molecule has 1 amide bonds. The fraction of sp³-hybridized carbons (Fsp3) is 0.542. The predicted molar refractivity (Wildman–Crippen MR) is 122 cm³/mol. The average molecular weight is 440 g/mol. The first-order valence-corrected chi connectivity index (χ1v) is 11.6. The molecule has 1 N–H and O–H groups in total. The molecular weight excluding hydrogens is 406 g/mol. The van der Waals surface area contributed by atoms with Crippen molar-refractivity contribution in [1.82, 2.24) is 19.6 Å². The molecule has 2 saturated heterocycles. The molecule has 2 atom stereocenters. The lowest BCUT2D eigenvalue weighted by Crippen LogP contribution is -2.48. The maximum absolute atomic E-state index is 12.9. The normalized spacial score (nSPS) is 21.7. The Labute approximate surface area is 189 Å². The van der Waals surface area contributed by atoms with Crippen LogP contribution in [0.3, 0.4) is 0 Å². The van der Waals surface area contributed by atoms with Crippen LogP contribution in [0.2, 0.25) is 0 Å². The number of benzene rings is 1. The number of rotatable bonds is 8. The summed E-state index contributed by atoms with van der Waals surface area (Å²) in [5, 5.41) is 7.01. The summed E-state index contributed by atoms with van der Waals surface area (Å²) in [6, 6.07) is 11.5. The largest absolute Gasteiger partial charge is 0.462 e. The molecular formula is C24H33N5O3. The van der Waals surface area contributed by atoms with Gasteiger partial charge in [-0.25, -0.2) is 4.79 Å². The number of carbonyl (C=O) groups is 2. The van der Waals surface area contributed by atoms with Crippen molar-refractivity contribution in [3.63, 3.8) is 0 Å². The van der Waals surface area contributed by atoms with E-state index in [-0.39, 0.29) is 18.1 Å². The minimum absolute atomic E-state index is 0.126. The zero-order valence-corrected chi connectivity index (χ0v) is 19.0. The molecule has 0 saturated carbocycles. The summed E-state index contributed by atoms with van der Waals surface area (Å²) >= 11 is 0. The van der Waals surface area contributed by atoms with E-state index in [1.54, 1.807) is 14.0 Å². The van der Waals surface area contributed by atoms with Crippen molar-refractivity contribution < 1.29 is 14.3 Å². The molecule has 2 aliphatic heterocycles. The van der Waals surface area contributed by atoms with E-state index in [0.29, 0.717) is 24.4 Å². The molecule has 4 rings (SSSR count). The molecule has 172 valence electrons. The van der Waals surface area contributed by atoms with Gasteiger partial charge in [0.2, 0.25) is 5.91 Å². The first-order chi connectivity index (χ1) is 15.6. The van der Waals surface area contributed by atoms with Gasteiger partial charge in [0.25, 0.3) is 0 Å². The van der Waals surface area contributed by atoms with Crippen LogP contribution in [-0.2, 0) is 23.1 Å². The Morgan fingerprint density at radius 2 is 1.78 bits per heavy atom. The molecule has 2 aliphatic rings. The summed E-state index contributed by atoms with van der Waals surface area (Å²) in [4.78, 5) is 30.0. The van der Waals surface area contributed by atoms with Gasteiger partial charge in [-0.2, -0.15) is 5.10 Å². The van der Waals surface area contributed by atoms with Crippen molar-refractivity contribution in [2.24, 2.45) is 7.05 Å². The van der Waals surface area contributed by atoms with E-state index in [9.17, 15) is 9.59 Å². The van der Waals surface area contributed by atoms with E-state index in [1.807, 2.05) is 0 Å². The average Bonchev–Trinajstić information content (AvgIpc) is 3.50. The zero-order chi connectivity index (χ0) is 22.5. The van der Waals surface area contributed by atoms with Crippen LogP contribution < -0.4 is 5.32 Å². The van der Waals surface area contributed by atoms with Gasteiger partial charge in [0.1, 0.15) is 11.4 Å². The number of amides is 1. The van der Waals surface area contributed by atoms with Gasteiger partial charge in [-0.15, -0.1) is 0 Å². The van der Waals surface area contributed by atoms with Crippen LogP contribution in [0.1, 0.15) is 48.5 Å². The molecule has 0 bridgehead atoms. The van der Waals surface area contributed by atoms with Crippen molar-refractivity contribution in [2.45, 2.75) is 51.2 Å². The molecule has 8 heteroatoms. The number of aromatic nitrogens is 2. The highest BCUT2D eigenvalue weighted by Gasteiger charge is 2.38. The highest BCUT2D eigenvalue weighted by atomic mass is 16.5. The highest BCUT2D eigenvalue weighted by molar-refractivity contribution is 6.00. The monoisotopic (exact) mass is 439 g/mol. The van der Waals surface area contributed by atoms with Crippen LogP contribution >= 0.6 is 0 Å². The molecule has 0 radical (unpaired) electrons. The van der Waals surface area contributed by atoms with Crippen molar-refractivity contribution >= 4 is 17.7 Å². The predicted octanol–water partition coefficient (Wildman–Crippen LogP) is 2.66.